The molecule has 5 rings (SSSR count). The van der Waals surface area contributed by atoms with Crippen LogP contribution in [0.15, 0.2) is 41.0 Å². The summed E-state index contributed by atoms with van der Waals surface area (Å²) in [5, 5.41) is 7.78. The minimum Gasteiger partial charge on any atom is -0.487 e. The summed E-state index contributed by atoms with van der Waals surface area (Å²) in [6, 6.07) is 11.6. The number of fused-ring (bicyclic) bond motifs is 2. The van der Waals surface area contributed by atoms with Crippen LogP contribution in [-0.2, 0) is 22.9 Å². The van der Waals surface area contributed by atoms with E-state index in [1.807, 2.05) is 24.3 Å². The van der Waals surface area contributed by atoms with Crippen LogP contribution in [0, 0.1) is 0 Å². The minimum atomic E-state index is -3.28. The smallest absolute Gasteiger partial charge is 0.229 e. The molecule has 1 aromatic heterocycles. The number of nitrogens with zero attached hydrogens (tertiary/aromatic N) is 3. The average molecular weight is 479 g/mol. The van der Waals surface area contributed by atoms with E-state index in [4.69, 9.17) is 9.37 Å². The number of benzene rings is 2. The predicted molar refractivity (Wildman–Crippen MR) is 125 cm³/mol. The minimum absolute atomic E-state index is 0. The summed E-state index contributed by atoms with van der Waals surface area (Å²) in [7, 11) is -3.28. The fourth-order valence-corrected chi connectivity index (χ4v) is 5.16. The molecule has 172 valence electrons. The fraction of sp³-hybridized carbons (Fsp3) is 0.455. The van der Waals surface area contributed by atoms with Crippen molar-refractivity contribution in [3.8, 4) is 5.75 Å². The molecule has 1 N–H and O–H groups in total. The molecule has 0 amide bonds. The van der Waals surface area contributed by atoms with Gasteiger partial charge in [-0.05, 0) is 83.9 Å². The molecule has 0 bridgehead atoms. The third-order valence-corrected chi connectivity index (χ3v) is 6.95. The van der Waals surface area contributed by atoms with E-state index in [0.717, 1.165) is 80.3 Å². The van der Waals surface area contributed by atoms with Crippen LogP contribution in [0.2, 0.25) is 0 Å². The Balaban J connectivity index is 0.00000245. The van der Waals surface area contributed by atoms with Crippen molar-refractivity contribution in [3.05, 3.63) is 47.5 Å². The molecule has 0 aliphatic carbocycles. The van der Waals surface area contributed by atoms with Gasteiger partial charge in [0.1, 0.15) is 22.4 Å². The Morgan fingerprint density at radius 1 is 1.06 bits per heavy atom. The highest BCUT2D eigenvalue weighted by Gasteiger charge is 2.39. The number of halogens is 1. The van der Waals surface area contributed by atoms with Crippen LogP contribution >= 0.6 is 12.4 Å². The summed E-state index contributed by atoms with van der Waals surface area (Å²) in [5.41, 5.74) is 4.39. The third-order valence-electron chi connectivity index (χ3n) is 6.34. The molecule has 2 aliphatic rings. The maximum Gasteiger partial charge on any atom is 0.229 e. The van der Waals surface area contributed by atoms with Gasteiger partial charge in [0.15, 0.2) is 0 Å². The summed E-state index contributed by atoms with van der Waals surface area (Å²) in [4.78, 5) is 2.49. The lowest BCUT2D eigenvalue weighted by Crippen LogP contribution is -2.50. The van der Waals surface area contributed by atoms with Gasteiger partial charge in [0.25, 0.3) is 0 Å². The number of hydrogen-bond donors (Lipinski definition) is 1. The fourth-order valence-electron chi connectivity index (χ4n) is 4.61. The number of nitrogens with one attached hydrogen (secondary N) is 1. The standard InChI is InChI=1S/C22H26N4O4S.ClH/c1-31(27,28)25-18-3-5-21-17(15-18)6-8-22(29-21)9-12-26(13-10-22)11-7-16-2-4-19-20(14-16)24-30-23-19;/h2-5,14-15,25H,6-13H2,1H3;1H. The van der Waals surface area contributed by atoms with Gasteiger partial charge in [-0.1, -0.05) is 6.07 Å². The molecular formula is C22H27ClN4O4S. The molecule has 0 radical (unpaired) electrons. The van der Waals surface area contributed by atoms with Gasteiger partial charge in [-0.15, -0.1) is 12.4 Å². The second-order valence-corrected chi connectivity index (χ2v) is 10.4. The number of hydrogen-bond acceptors (Lipinski definition) is 7. The highest BCUT2D eigenvalue weighted by atomic mass is 35.5. The number of ether oxygens (including phenoxy) is 1. The molecule has 0 atom stereocenters. The van der Waals surface area contributed by atoms with Gasteiger partial charge < -0.3 is 9.64 Å². The number of aryl methyl sites for hydroxylation is 1. The van der Waals surface area contributed by atoms with E-state index in [1.165, 1.54) is 5.56 Å². The first-order valence-corrected chi connectivity index (χ1v) is 12.5. The molecular weight excluding hydrogens is 452 g/mol. The maximum absolute atomic E-state index is 11.5. The zero-order valence-electron chi connectivity index (χ0n) is 17.9. The first-order chi connectivity index (χ1) is 14.9. The highest BCUT2D eigenvalue weighted by Crippen LogP contribution is 2.40. The Hall–Kier alpha value is -2.36. The van der Waals surface area contributed by atoms with E-state index >= 15 is 0 Å². The van der Waals surface area contributed by atoms with Gasteiger partial charge in [-0.2, -0.15) is 0 Å². The van der Waals surface area contributed by atoms with E-state index in [1.54, 1.807) is 6.07 Å². The van der Waals surface area contributed by atoms with Gasteiger partial charge >= 0.3 is 0 Å². The molecule has 1 spiro atoms. The lowest BCUT2D eigenvalue weighted by atomic mass is 9.83. The van der Waals surface area contributed by atoms with Crippen molar-refractivity contribution in [2.24, 2.45) is 0 Å². The average Bonchev–Trinajstić information content (AvgIpc) is 3.20. The van der Waals surface area contributed by atoms with Crippen LogP contribution in [0.5, 0.6) is 5.75 Å². The number of aromatic nitrogens is 2. The number of likely N-dealkylation sites (tertiary alicyclic amines) is 1. The van der Waals surface area contributed by atoms with Crippen molar-refractivity contribution in [1.82, 2.24) is 15.2 Å². The number of piperidine rings is 1. The second-order valence-electron chi connectivity index (χ2n) is 8.66. The summed E-state index contributed by atoms with van der Waals surface area (Å²) < 4.78 is 36.7. The topological polar surface area (TPSA) is 97.6 Å². The van der Waals surface area contributed by atoms with E-state index in [0.29, 0.717) is 5.69 Å². The summed E-state index contributed by atoms with van der Waals surface area (Å²) in [5.74, 6) is 0.883. The molecule has 10 heteroatoms. The summed E-state index contributed by atoms with van der Waals surface area (Å²) >= 11 is 0. The van der Waals surface area contributed by atoms with E-state index in [9.17, 15) is 8.42 Å². The SMILES string of the molecule is CS(=O)(=O)Nc1ccc2c(c1)CCC1(CCN(CCc3ccc4nonc4c3)CC1)O2.Cl. The van der Waals surface area contributed by atoms with Crippen molar-refractivity contribution in [1.29, 1.82) is 0 Å². The zero-order chi connectivity index (χ0) is 21.5. The third kappa shape index (κ3) is 5.00. The molecule has 0 unspecified atom stereocenters. The van der Waals surface area contributed by atoms with Crippen molar-refractivity contribution in [3.63, 3.8) is 0 Å². The van der Waals surface area contributed by atoms with Crippen LogP contribution < -0.4 is 9.46 Å². The van der Waals surface area contributed by atoms with Crippen molar-refractivity contribution in [2.45, 2.75) is 37.7 Å². The lowest BCUT2D eigenvalue weighted by molar-refractivity contribution is -0.0141. The number of anilines is 1. The van der Waals surface area contributed by atoms with Gasteiger partial charge in [-0.25, -0.2) is 13.0 Å². The molecule has 8 nitrogen and oxygen atoms in total. The van der Waals surface area contributed by atoms with Crippen LogP contribution in [0.25, 0.3) is 11.0 Å². The molecule has 2 aromatic carbocycles. The monoisotopic (exact) mass is 478 g/mol. The van der Waals surface area contributed by atoms with Crippen LogP contribution in [-0.4, -0.2) is 55.1 Å². The van der Waals surface area contributed by atoms with E-state index in [2.05, 4.69) is 26.0 Å². The Morgan fingerprint density at radius 2 is 1.84 bits per heavy atom. The molecule has 32 heavy (non-hydrogen) atoms. The van der Waals surface area contributed by atoms with Gasteiger partial charge in [0, 0.05) is 25.3 Å². The highest BCUT2D eigenvalue weighted by molar-refractivity contribution is 7.92. The Labute approximate surface area is 193 Å². The van der Waals surface area contributed by atoms with Gasteiger partial charge in [0.05, 0.1) is 6.26 Å². The Morgan fingerprint density at radius 3 is 2.62 bits per heavy atom. The van der Waals surface area contributed by atoms with E-state index < -0.39 is 10.0 Å². The molecule has 2 aliphatic heterocycles. The van der Waals surface area contributed by atoms with Crippen LogP contribution in [0.4, 0.5) is 5.69 Å². The van der Waals surface area contributed by atoms with Crippen molar-refractivity contribution >= 4 is 39.2 Å². The number of sulfonamides is 1. The lowest BCUT2D eigenvalue weighted by Gasteiger charge is -2.44. The zero-order valence-corrected chi connectivity index (χ0v) is 19.5. The van der Waals surface area contributed by atoms with Gasteiger partial charge in [-0.3, -0.25) is 4.72 Å². The molecule has 3 heterocycles. The largest absolute Gasteiger partial charge is 0.487 e. The first kappa shape index (κ1) is 22.8. The number of rotatable bonds is 5. The molecule has 0 saturated carbocycles. The van der Waals surface area contributed by atoms with Crippen LogP contribution in [0.1, 0.15) is 30.4 Å². The van der Waals surface area contributed by atoms with E-state index in [-0.39, 0.29) is 18.0 Å². The Bertz CT molecular complexity index is 1210. The summed E-state index contributed by atoms with van der Waals surface area (Å²) in [6.45, 7) is 3.03. The van der Waals surface area contributed by atoms with Crippen LogP contribution in [0.3, 0.4) is 0 Å². The maximum atomic E-state index is 11.5. The summed E-state index contributed by atoms with van der Waals surface area (Å²) in [6.07, 6.45) is 6.00. The predicted octanol–water partition coefficient (Wildman–Crippen LogP) is 3.42. The van der Waals surface area contributed by atoms with Crippen molar-refractivity contribution in [2.75, 3.05) is 30.6 Å². The first-order valence-electron chi connectivity index (χ1n) is 10.6. The van der Waals surface area contributed by atoms with Crippen molar-refractivity contribution < 1.29 is 17.8 Å². The normalized spacial score (nSPS) is 18.0. The second kappa shape index (κ2) is 8.88. The quantitative estimate of drug-likeness (QED) is 0.600. The Kier molecular flexibility index (Phi) is 6.33. The van der Waals surface area contributed by atoms with Gasteiger partial charge in [0.2, 0.25) is 10.0 Å². The molecule has 3 aromatic rings. The molecule has 1 saturated heterocycles. The molecule has 1 fully saturated rings.